The van der Waals surface area contributed by atoms with Gasteiger partial charge in [0, 0.05) is 6.54 Å². The summed E-state index contributed by atoms with van der Waals surface area (Å²) in [5.41, 5.74) is 4.19. The van der Waals surface area contributed by atoms with Crippen LogP contribution >= 0.6 is 7.60 Å². The molecule has 0 atom stereocenters. The Labute approximate surface area is 117 Å². The Morgan fingerprint density at radius 2 is 1.75 bits per heavy atom. The molecule has 112 valence electrons. The van der Waals surface area contributed by atoms with Crippen molar-refractivity contribution in [3.63, 3.8) is 0 Å². The first-order valence-corrected chi connectivity index (χ1v) is 8.03. The Hall–Kier alpha value is -1.43. The fraction of sp³-hybridized carbons (Fsp3) is 0.500. The van der Waals surface area contributed by atoms with Crippen LogP contribution in [0.15, 0.2) is 21.7 Å². The van der Waals surface area contributed by atoms with Crippen molar-refractivity contribution in [3.05, 3.63) is 32.6 Å². The zero-order valence-electron chi connectivity index (χ0n) is 11.5. The number of rotatable bonds is 9. The molecule has 0 unspecified atom stereocenters. The molecule has 0 radical (unpaired) electrons. The van der Waals surface area contributed by atoms with Crippen LogP contribution in [0.5, 0.6) is 0 Å². The van der Waals surface area contributed by atoms with Gasteiger partial charge in [-0.1, -0.05) is 12.2 Å². The van der Waals surface area contributed by atoms with Crippen LogP contribution in [0.4, 0.5) is 11.4 Å². The molecule has 0 amide bonds. The smallest absolute Gasteiger partial charge is 0.334 e. The third-order valence-electron chi connectivity index (χ3n) is 2.49. The van der Waals surface area contributed by atoms with Gasteiger partial charge in [-0.25, -0.2) is 0 Å². The maximum absolute atomic E-state index is 12.1. The molecule has 1 rings (SSSR count). The molecule has 0 aliphatic heterocycles. The van der Waals surface area contributed by atoms with Crippen molar-refractivity contribution < 1.29 is 13.6 Å². The highest BCUT2D eigenvalue weighted by Gasteiger charge is 2.21. The number of nitrogens with two attached hydrogens (primary N) is 1. The predicted octanol–water partition coefficient (Wildman–Crippen LogP) is 1.10. The number of anilines is 2. The number of nitrogen functional groups attached to an aromatic ring is 1. The highest BCUT2D eigenvalue weighted by atomic mass is 31.2. The van der Waals surface area contributed by atoms with Crippen molar-refractivity contribution in [2.24, 2.45) is 0 Å². The molecular formula is C12H19N2O5P. The van der Waals surface area contributed by atoms with Crippen molar-refractivity contribution >= 4 is 19.0 Å². The minimum Gasteiger partial charge on any atom is -0.394 e. The molecule has 0 aliphatic carbocycles. The van der Waals surface area contributed by atoms with Crippen molar-refractivity contribution in [2.45, 2.75) is 13.8 Å². The van der Waals surface area contributed by atoms with Crippen LogP contribution in [0.3, 0.4) is 0 Å². The summed E-state index contributed by atoms with van der Waals surface area (Å²) in [5.74, 6) is 0. The van der Waals surface area contributed by atoms with E-state index in [9.17, 15) is 14.2 Å². The van der Waals surface area contributed by atoms with Gasteiger partial charge in [-0.2, -0.15) is 0 Å². The lowest BCUT2D eigenvalue weighted by Gasteiger charge is -2.14. The van der Waals surface area contributed by atoms with Crippen LogP contribution in [-0.4, -0.2) is 25.9 Å². The lowest BCUT2D eigenvalue weighted by molar-refractivity contribution is 0.222. The van der Waals surface area contributed by atoms with E-state index in [0.29, 0.717) is 19.8 Å². The maximum atomic E-state index is 12.1. The molecule has 1 aromatic carbocycles. The minimum absolute atomic E-state index is 0.0438. The van der Waals surface area contributed by atoms with Crippen LogP contribution < -0.4 is 21.9 Å². The van der Waals surface area contributed by atoms with Crippen LogP contribution in [0.25, 0.3) is 0 Å². The van der Waals surface area contributed by atoms with Crippen LogP contribution in [-0.2, 0) is 13.6 Å². The molecule has 3 N–H and O–H groups in total. The molecule has 7 nitrogen and oxygen atoms in total. The molecule has 0 bridgehead atoms. The Morgan fingerprint density at radius 3 is 2.25 bits per heavy atom. The molecule has 20 heavy (non-hydrogen) atoms. The summed E-state index contributed by atoms with van der Waals surface area (Å²) in [5, 5.41) is 2.73. The quantitative estimate of drug-likeness (QED) is 0.399. The molecule has 0 fully saturated rings. The van der Waals surface area contributed by atoms with E-state index in [0.717, 1.165) is 0 Å². The topological polar surface area (TPSA) is 108 Å². The second kappa shape index (κ2) is 7.38. The average Bonchev–Trinajstić information content (AvgIpc) is 2.42. The lowest BCUT2D eigenvalue weighted by Crippen LogP contribution is -2.37. The normalized spacial score (nSPS) is 12.3. The standard InChI is InChI=1S/C12H19N2O5P/c1-3-18-20(17,19-4-2)8-6-5-7-14-10-9(13)11(15)12(10)16/h5-6,14H,3-4,7-8,13H2,1-2H3. The molecule has 0 saturated heterocycles. The van der Waals surface area contributed by atoms with Gasteiger partial charge in [0.05, 0.1) is 19.4 Å². The first-order chi connectivity index (χ1) is 9.45. The van der Waals surface area contributed by atoms with E-state index in [1.165, 1.54) is 0 Å². The summed E-state index contributed by atoms with van der Waals surface area (Å²) in [7, 11) is -3.08. The van der Waals surface area contributed by atoms with Gasteiger partial charge >= 0.3 is 7.60 Å². The number of hydrogen-bond donors (Lipinski definition) is 2. The largest absolute Gasteiger partial charge is 0.394 e. The maximum Gasteiger partial charge on any atom is 0.334 e. The van der Waals surface area contributed by atoms with E-state index in [1.807, 2.05) is 0 Å². The lowest BCUT2D eigenvalue weighted by atomic mass is 10.2. The Morgan fingerprint density at radius 1 is 1.15 bits per heavy atom. The minimum atomic E-state index is -3.08. The van der Waals surface area contributed by atoms with Crippen LogP contribution in [0, 0.1) is 0 Å². The average molecular weight is 302 g/mol. The van der Waals surface area contributed by atoms with Gasteiger partial charge in [0.2, 0.25) is 0 Å². The van der Waals surface area contributed by atoms with Gasteiger partial charge in [0.1, 0.15) is 11.4 Å². The van der Waals surface area contributed by atoms with Gasteiger partial charge in [0.15, 0.2) is 0 Å². The molecule has 0 aliphatic rings. The number of allylic oxidation sites excluding steroid dienone is 1. The van der Waals surface area contributed by atoms with E-state index in [1.54, 1.807) is 26.0 Å². The first-order valence-electron chi connectivity index (χ1n) is 6.31. The van der Waals surface area contributed by atoms with E-state index in [2.05, 4.69) is 5.32 Å². The molecule has 0 aromatic heterocycles. The Bertz CT molecular complexity index is 579. The molecule has 1 aromatic rings. The van der Waals surface area contributed by atoms with Crippen molar-refractivity contribution in [3.8, 4) is 0 Å². The summed E-state index contributed by atoms with van der Waals surface area (Å²) in [6.07, 6.45) is 3.46. The predicted molar refractivity (Wildman–Crippen MR) is 79.1 cm³/mol. The Balaban J connectivity index is 2.44. The summed E-state index contributed by atoms with van der Waals surface area (Å²) in [4.78, 5) is 22.0. The molecule has 8 heteroatoms. The first kappa shape index (κ1) is 16.6. The summed E-state index contributed by atoms with van der Waals surface area (Å²) in [6.45, 7) is 4.40. The van der Waals surface area contributed by atoms with E-state index >= 15 is 0 Å². The second-order valence-corrected chi connectivity index (χ2v) is 6.03. The third kappa shape index (κ3) is 4.03. The van der Waals surface area contributed by atoms with Gasteiger partial charge < -0.3 is 20.1 Å². The van der Waals surface area contributed by atoms with Gasteiger partial charge in [-0.05, 0) is 13.8 Å². The summed E-state index contributed by atoms with van der Waals surface area (Å²) >= 11 is 0. The van der Waals surface area contributed by atoms with Gasteiger partial charge in [0.25, 0.3) is 10.9 Å². The highest BCUT2D eigenvalue weighted by molar-refractivity contribution is 7.54. The SMILES string of the molecule is CCOP(=O)(CC=CCNc1c(N)c(=O)c1=O)OCC. The van der Waals surface area contributed by atoms with Crippen LogP contribution in [0.1, 0.15) is 13.8 Å². The van der Waals surface area contributed by atoms with Crippen molar-refractivity contribution in [1.29, 1.82) is 0 Å². The fourth-order valence-electron chi connectivity index (χ4n) is 1.57. The Kier molecular flexibility index (Phi) is 6.13. The zero-order chi connectivity index (χ0) is 15.2. The number of hydrogen-bond acceptors (Lipinski definition) is 7. The van der Waals surface area contributed by atoms with Gasteiger partial charge in [-0.15, -0.1) is 0 Å². The van der Waals surface area contributed by atoms with E-state index in [-0.39, 0.29) is 17.5 Å². The van der Waals surface area contributed by atoms with Crippen molar-refractivity contribution in [2.75, 3.05) is 37.0 Å². The zero-order valence-corrected chi connectivity index (χ0v) is 12.4. The summed E-state index contributed by atoms with van der Waals surface area (Å²) in [6, 6.07) is 0. The highest BCUT2D eigenvalue weighted by Crippen LogP contribution is 2.47. The fourth-order valence-corrected chi connectivity index (χ4v) is 3.05. The van der Waals surface area contributed by atoms with E-state index in [4.69, 9.17) is 14.8 Å². The molecular weight excluding hydrogens is 283 g/mol. The molecule has 0 saturated carbocycles. The number of nitrogens with one attached hydrogen (secondary N) is 1. The monoisotopic (exact) mass is 302 g/mol. The van der Waals surface area contributed by atoms with Crippen LogP contribution in [0.2, 0.25) is 0 Å². The second-order valence-electron chi connectivity index (χ2n) is 3.93. The molecule has 0 spiro atoms. The summed E-state index contributed by atoms with van der Waals surface area (Å²) < 4.78 is 22.3. The third-order valence-corrected chi connectivity index (χ3v) is 4.45. The molecule has 0 heterocycles. The van der Waals surface area contributed by atoms with Crippen molar-refractivity contribution in [1.82, 2.24) is 0 Å². The van der Waals surface area contributed by atoms with Gasteiger partial charge in [-0.3, -0.25) is 14.2 Å². The van der Waals surface area contributed by atoms with E-state index < -0.39 is 18.5 Å².